The van der Waals surface area contributed by atoms with Gasteiger partial charge in [-0.3, -0.25) is 0 Å². The van der Waals surface area contributed by atoms with Gasteiger partial charge in [-0.2, -0.15) is 0 Å². The van der Waals surface area contributed by atoms with E-state index in [1.165, 1.54) is 56.4 Å². The second-order valence-electron chi connectivity index (χ2n) is 9.57. The van der Waals surface area contributed by atoms with Crippen LogP contribution in [0.3, 0.4) is 0 Å². The van der Waals surface area contributed by atoms with E-state index in [2.05, 4.69) is 46.3 Å². The van der Waals surface area contributed by atoms with Crippen molar-refractivity contribution < 1.29 is 9.47 Å². The van der Waals surface area contributed by atoms with Gasteiger partial charge < -0.3 is 24.6 Å². The average Bonchev–Trinajstić information content (AvgIpc) is 3.30. The van der Waals surface area contributed by atoms with Gasteiger partial charge in [0.1, 0.15) is 0 Å². The normalized spacial score (nSPS) is 23.6. The lowest BCUT2D eigenvalue weighted by atomic mass is 10.1. The number of guanidine groups is 1. The molecule has 6 nitrogen and oxygen atoms in total. The number of ether oxygens (including phenoxy) is 2. The summed E-state index contributed by atoms with van der Waals surface area (Å²) in [6.07, 6.45) is 7.78. The highest BCUT2D eigenvalue weighted by atomic mass is 16.5. The molecular formula is C26H42N4O2. The molecule has 3 heterocycles. The molecule has 3 aliphatic heterocycles. The molecule has 1 N–H and O–H groups in total. The summed E-state index contributed by atoms with van der Waals surface area (Å²) in [6.45, 7) is 12.2. The molecule has 0 spiro atoms. The van der Waals surface area contributed by atoms with E-state index in [1.807, 2.05) is 0 Å². The third-order valence-corrected chi connectivity index (χ3v) is 6.94. The Morgan fingerprint density at radius 1 is 1.09 bits per heavy atom. The van der Waals surface area contributed by atoms with E-state index < -0.39 is 0 Å². The summed E-state index contributed by atoms with van der Waals surface area (Å²) in [4.78, 5) is 10.1. The van der Waals surface area contributed by atoms with Gasteiger partial charge >= 0.3 is 0 Å². The summed E-state index contributed by atoms with van der Waals surface area (Å²) in [7, 11) is 0. The maximum absolute atomic E-state index is 6.10. The molecule has 3 fully saturated rings. The predicted octanol–water partition coefficient (Wildman–Crippen LogP) is 3.66. The van der Waals surface area contributed by atoms with Gasteiger partial charge in [-0.05, 0) is 69.2 Å². The molecule has 1 atom stereocenters. The molecule has 0 saturated carbocycles. The van der Waals surface area contributed by atoms with Gasteiger partial charge in [0.25, 0.3) is 0 Å². The lowest BCUT2D eigenvalue weighted by molar-refractivity contribution is -0.0390. The Hall–Kier alpha value is -1.63. The number of hydrogen-bond acceptors (Lipinski definition) is 4. The Bertz CT molecular complexity index is 714. The fraction of sp³-hybridized carbons (Fsp3) is 0.731. The van der Waals surface area contributed by atoms with Crippen LogP contribution in [0.2, 0.25) is 0 Å². The van der Waals surface area contributed by atoms with Crippen molar-refractivity contribution in [2.45, 2.75) is 64.7 Å². The van der Waals surface area contributed by atoms with Crippen LogP contribution in [0, 0.1) is 5.92 Å². The molecular weight excluding hydrogens is 400 g/mol. The molecule has 1 unspecified atom stereocenters. The lowest BCUT2D eigenvalue weighted by Crippen LogP contribution is -2.41. The van der Waals surface area contributed by atoms with Crippen LogP contribution in [0.1, 0.15) is 56.6 Å². The standard InChI is InChI=1S/C26H42N4O2/c1-2-27-26(30-14-9-24(20-30)19-29-12-4-3-5-13-29)28-18-22-7-6-8-23(17-22)21-32-25-10-15-31-16-11-25/h6-8,17,24-25H,2-5,9-16,18-21H2,1H3,(H,27,28). The van der Waals surface area contributed by atoms with Gasteiger partial charge in [0.2, 0.25) is 0 Å². The zero-order chi connectivity index (χ0) is 22.0. The molecule has 178 valence electrons. The molecule has 32 heavy (non-hydrogen) atoms. The van der Waals surface area contributed by atoms with Crippen molar-refractivity contribution in [2.24, 2.45) is 10.9 Å². The first-order valence-corrected chi connectivity index (χ1v) is 12.8. The van der Waals surface area contributed by atoms with Crippen LogP contribution >= 0.6 is 0 Å². The highest BCUT2D eigenvalue weighted by molar-refractivity contribution is 5.80. The molecule has 1 aromatic rings. The van der Waals surface area contributed by atoms with Crippen LogP contribution in [-0.2, 0) is 22.6 Å². The van der Waals surface area contributed by atoms with E-state index in [9.17, 15) is 0 Å². The minimum Gasteiger partial charge on any atom is -0.381 e. The SMILES string of the molecule is CCNC(=NCc1cccc(COC2CCOCC2)c1)N1CCC(CN2CCCCC2)C1. The predicted molar refractivity (Wildman–Crippen MR) is 130 cm³/mol. The van der Waals surface area contributed by atoms with Gasteiger partial charge in [0.05, 0.1) is 19.3 Å². The van der Waals surface area contributed by atoms with Crippen molar-refractivity contribution >= 4 is 5.96 Å². The Balaban J connectivity index is 1.29. The monoisotopic (exact) mass is 442 g/mol. The maximum Gasteiger partial charge on any atom is 0.194 e. The van der Waals surface area contributed by atoms with Gasteiger partial charge in [-0.25, -0.2) is 4.99 Å². The van der Waals surface area contributed by atoms with E-state index in [-0.39, 0.29) is 0 Å². The number of nitrogens with one attached hydrogen (secondary N) is 1. The van der Waals surface area contributed by atoms with Crippen molar-refractivity contribution in [1.29, 1.82) is 0 Å². The van der Waals surface area contributed by atoms with Gasteiger partial charge in [-0.1, -0.05) is 30.7 Å². The minimum atomic E-state index is 0.332. The van der Waals surface area contributed by atoms with Gasteiger partial charge in [0, 0.05) is 39.4 Å². The zero-order valence-corrected chi connectivity index (χ0v) is 19.9. The quantitative estimate of drug-likeness (QED) is 0.492. The van der Waals surface area contributed by atoms with Crippen LogP contribution < -0.4 is 5.32 Å². The Morgan fingerprint density at radius 3 is 2.72 bits per heavy atom. The fourth-order valence-electron chi connectivity index (χ4n) is 5.15. The largest absolute Gasteiger partial charge is 0.381 e. The van der Waals surface area contributed by atoms with Crippen LogP contribution in [0.15, 0.2) is 29.3 Å². The molecule has 0 aliphatic carbocycles. The molecule has 1 aromatic carbocycles. The van der Waals surface area contributed by atoms with Crippen LogP contribution in [0.5, 0.6) is 0 Å². The summed E-state index contributed by atoms with van der Waals surface area (Å²) in [6, 6.07) is 8.71. The van der Waals surface area contributed by atoms with E-state index in [0.29, 0.717) is 19.3 Å². The molecule has 3 saturated heterocycles. The maximum atomic E-state index is 6.10. The fourth-order valence-corrected chi connectivity index (χ4v) is 5.15. The first-order valence-electron chi connectivity index (χ1n) is 12.8. The minimum absolute atomic E-state index is 0.332. The molecule has 0 aromatic heterocycles. The van der Waals surface area contributed by atoms with Gasteiger partial charge in [0.15, 0.2) is 5.96 Å². The number of likely N-dealkylation sites (tertiary alicyclic amines) is 2. The molecule has 0 amide bonds. The molecule has 6 heteroatoms. The second-order valence-corrected chi connectivity index (χ2v) is 9.57. The first kappa shape index (κ1) is 23.5. The van der Waals surface area contributed by atoms with Gasteiger partial charge in [-0.15, -0.1) is 0 Å². The molecule has 0 radical (unpaired) electrons. The topological polar surface area (TPSA) is 49.3 Å². The number of benzene rings is 1. The summed E-state index contributed by atoms with van der Waals surface area (Å²) in [5.74, 6) is 1.83. The number of aliphatic imine (C=N–C) groups is 1. The molecule has 4 rings (SSSR count). The third-order valence-electron chi connectivity index (χ3n) is 6.94. The molecule has 3 aliphatic rings. The summed E-state index contributed by atoms with van der Waals surface area (Å²) in [5.41, 5.74) is 2.48. The van der Waals surface area contributed by atoms with Crippen LogP contribution in [-0.4, -0.2) is 74.3 Å². The van der Waals surface area contributed by atoms with E-state index >= 15 is 0 Å². The third kappa shape index (κ3) is 7.19. The summed E-state index contributed by atoms with van der Waals surface area (Å²) >= 11 is 0. The Morgan fingerprint density at radius 2 is 1.91 bits per heavy atom. The van der Waals surface area contributed by atoms with Crippen molar-refractivity contribution in [3.63, 3.8) is 0 Å². The highest BCUT2D eigenvalue weighted by Crippen LogP contribution is 2.20. The van der Waals surface area contributed by atoms with E-state index in [4.69, 9.17) is 14.5 Å². The van der Waals surface area contributed by atoms with Crippen molar-refractivity contribution in [3.8, 4) is 0 Å². The van der Waals surface area contributed by atoms with Crippen molar-refractivity contribution in [1.82, 2.24) is 15.1 Å². The lowest BCUT2D eigenvalue weighted by Gasteiger charge is -2.29. The Kier molecular flexibility index (Phi) is 9.24. The van der Waals surface area contributed by atoms with E-state index in [1.54, 1.807) is 0 Å². The first-order chi connectivity index (χ1) is 15.8. The number of piperidine rings is 1. The summed E-state index contributed by atoms with van der Waals surface area (Å²) in [5, 5.41) is 3.53. The van der Waals surface area contributed by atoms with Crippen LogP contribution in [0.25, 0.3) is 0 Å². The number of hydrogen-bond donors (Lipinski definition) is 1. The van der Waals surface area contributed by atoms with Crippen LogP contribution in [0.4, 0.5) is 0 Å². The number of nitrogens with zero attached hydrogens (tertiary/aromatic N) is 3. The smallest absolute Gasteiger partial charge is 0.194 e. The van der Waals surface area contributed by atoms with Crippen molar-refractivity contribution in [2.75, 3.05) is 52.5 Å². The van der Waals surface area contributed by atoms with Crippen molar-refractivity contribution in [3.05, 3.63) is 35.4 Å². The average molecular weight is 443 g/mol. The number of rotatable bonds is 8. The molecule has 0 bridgehead atoms. The summed E-state index contributed by atoms with van der Waals surface area (Å²) < 4.78 is 11.5. The Labute approximate surface area is 194 Å². The second kappa shape index (κ2) is 12.6. The highest BCUT2D eigenvalue weighted by Gasteiger charge is 2.27. The zero-order valence-electron chi connectivity index (χ0n) is 19.9. The van der Waals surface area contributed by atoms with E-state index in [0.717, 1.165) is 57.6 Å².